The van der Waals surface area contributed by atoms with Crippen LogP contribution in [0.25, 0.3) is 0 Å². The number of unbranched alkanes of at least 4 members (excludes halogenated alkanes) is 1. The van der Waals surface area contributed by atoms with E-state index < -0.39 is 5.60 Å². The first-order chi connectivity index (χ1) is 9.47. The smallest absolute Gasteiger partial charge is 0.407 e. The van der Waals surface area contributed by atoms with Crippen LogP contribution in [0.3, 0.4) is 0 Å². The third-order valence-corrected chi connectivity index (χ3v) is 2.44. The molecule has 0 radical (unpaired) electrons. The lowest BCUT2D eigenvalue weighted by molar-refractivity contribution is 0.0527. The van der Waals surface area contributed by atoms with Gasteiger partial charge in [-0.05, 0) is 46.5 Å². The summed E-state index contributed by atoms with van der Waals surface area (Å²) in [7, 11) is 0. The van der Waals surface area contributed by atoms with E-state index in [0.717, 1.165) is 31.4 Å². The highest BCUT2D eigenvalue weighted by Gasteiger charge is 2.15. The van der Waals surface area contributed by atoms with Crippen molar-refractivity contribution >= 4 is 6.09 Å². The minimum absolute atomic E-state index is 0.354. The number of aryl methyl sites for hydroxylation is 1. The van der Waals surface area contributed by atoms with Gasteiger partial charge in [-0.25, -0.2) is 4.79 Å². The molecule has 0 unspecified atom stereocenters. The topological polar surface area (TPSA) is 64.4 Å². The molecule has 0 aliphatic rings. The fraction of sp³-hybridized carbons (Fsp3) is 0.600. The summed E-state index contributed by atoms with van der Waals surface area (Å²) < 4.78 is 9.90. The summed E-state index contributed by atoms with van der Waals surface area (Å²) in [6, 6.07) is 1.87. The van der Waals surface area contributed by atoms with Crippen LogP contribution in [-0.2, 0) is 11.2 Å². The second-order valence-corrected chi connectivity index (χ2v) is 5.57. The summed E-state index contributed by atoms with van der Waals surface area (Å²) >= 11 is 0. The number of rotatable bonds is 7. The molecule has 0 bridgehead atoms. The van der Waals surface area contributed by atoms with Crippen molar-refractivity contribution in [1.82, 2.24) is 10.5 Å². The van der Waals surface area contributed by atoms with Gasteiger partial charge in [-0.15, -0.1) is 0 Å². The Bertz CT molecular complexity index is 405. The molecule has 0 aliphatic carbocycles. The van der Waals surface area contributed by atoms with E-state index in [9.17, 15) is 4.79 Å². The van der Waals surface area contributed by atoms with Gasteiger partial charge in [0.25, 0.3) is 0 Å². The van der Waals surface area contributed by atoms with E-state index in [1.165, 1.54) is 0 Å². The zero-order chi connectivity index (χ0) is 14.8. The Hall–Kier alpha value is -1.78. The first-order valence-corrected chi connectivity index (χ1v) is 6.98. The third kappa shape index (κ3) is 8.34. The van der Waals surface area contributed by atoms with Crippen LogP contribution in [0.1, 0.15) is 45.7 Å². The van der Waals surface area contributed by atoms with E-state index in [1.807, 2.05) is 26.8 Å². The lowest BCUT2D eigenvalue weighted by Gasteiger charge is -2.19. The van der Waals surface area contributed by atoms with Crippen molar-refractivity contribution in [3.05, 3.63) is 30.2 Å². The summed E-state index contributed by atoms with van der Waals surface area (Å²) in [5, 5.41) is 6.58. The Morgan fingerprint density at radius 1 is 1.40 bits per heavy atom. The molecule has 0 saturated heterocycles. The van der Waals surface area contributed by atoms with Gasteiger partial charge < -0.3 is 14.6 Å². The van der Waals surface area contributed by atoms with Gasteiger partial charge in [0, 0.05) is 12.6 Å². The maximum absolute atomic E-state index is 11.4. The van der Waals surface area contributed by atoms with Gasteiger partial charge in [0.2, 0.25) is 0 Å². The van der Waals surface area contributed by atoms with Crippen LogP contribution in [0.15, 0.2) is 29.0 Å². The molecular formula is C15H24N2O3. The molecule has 0 spiro atoms. The fourth-order valence-electron chi connectivity index (χ4n) is 1.56. The zero-order valence-electron chi connectivity index (χ0n) is 12.5. The van der Waals surface area contributed by atoms with Crippen molar-refractivity contribution in [2.45, 2.75) is 52.1 Å². The number of aromatic nitrogens is 1. The maximum atomic E-state index is 11.4. The summed E-state index contributed by atoms with van der Waals surface area (Å²) in [5.74, 6) is 0. The first-order valence-electron chi connectivity index (χ1n) is 6.98. The molecule has 1 rings (SSSR count). The van der Waals surface area contributed by atoms with E-state index in [4.69, 9.17) is 9.26 Å². The third-order valence-electron chi connectivity index (χ3n) is 2.44. The van der Waals surface area contributed by atoms with Gasteiger partial charge >= 0.3 is 6.09 Å². The molecule has 1 amide bonds. The van der Waals surface area contributed by atoms with Crippen molar-refractivity contribution in [2.24, 2.45) is 0 Å². The Morgan fingerprint density at radius 2 is 2.15 bits per heavy atom. The number of amides is 1. The first kappa shape index (κ1) is 16.3. The molecule has 0 atom stereocenters. The minimum atomic E-state index is -0.439. The van der Waals surface area contributed by atoms with Gasteiger partial charge in [-0.3, -0.25) is 0 Å². The molecule has 0 saturated carbocycles. The Balaban J connectivity index is 1.97. The van der Waals surface area contributed by atoms with Crippen molar-refractivity contribution in [2.75, 3.05) is 6.54 Å². The number of alkyl carbamates (subject to hydrolysis) is 1. The van der Waals surface area contributed by atoms with Crippen molar-refractivity contribution in [3.8, 4) is 0 Å². The van der Waals surface area contributed by atoms with Crippen molar-refractivity contribution in [3.63, 3.8) is 0 Å². The molecule has 112 valence electrons. The lowest BCUT2D eigenvalue weighted by atomic mass is 10.2. The Morgan fingerprint density at radius 3 is 2.80 bits per heavy atom. The molecule has 20 heavy (non-hydrogen) atoms. The maximum Gasteiger partial charge on any atom is 0.407 e. The number of allylic oxidation sites excluding steroid dienone is 2. The van der Waals surface area contributed by atoms with Gasteiger partial charge in [0.05, 0.1) is 5.69 Å². The normalized spacial score (nSPS) is 11.8. The van der Waals surface area contributed by atoms with Crippen LogP contribution in [0.2, 0.25) is 0 Å². The molecule has 5 nitrogen and oxygen atoms in total. The predicted octanol–water partition coefficient (Wildman–Crippen LogP) is 3.47. The molecule has 1 N–H and O–H groups in total. The summed E-state index contributed by atoms with van der Waals surface area (Å²) in [6.07, 6.45) is 9.16. The van der Waals surface area contributed by atoms with Gasteiger partial charge in [0.15, 0.2) is 0 Å². The fourth-order valence-corrected chi connectivity index (χ4v) is 1.56. The van der Waals surface area contributed by atoms with Gasteiger partial charge in [0.1, 0.15) is 11.9 Å². The molecule has 0 aliphatic heterocycles. The second-order valence-electron chi connectivity index (χ2n) is 5.57. The van der Waals surface area contributed by atoms with Crippen LogP contribution in [-0.4, -0.2) is 23.4 Å². The van der Waals surface area contributed by atoms with Gasteiger partial charge in [-0.1, -0.05) is 17.3 Å². The number of hydrogen-bond donors (Lipinski definition) is 1. The number of nitrogens with zero attached hydrogens (tertiary/aromatic N) is 1. The molecule has 1 heterocycles. The molecular weight excluding hydrogens is 256 g/mol. The van der Waals surface area contributed by atoms with E-state index in [1.54, 1.807) is 6.26 Å². The average molecular weight is 280 g/mol. The lowest BCUT2D eigenvalue weighted by Crippen LogP contribution is -2.32. The SMILES string of the molecule is CC(C)(C)OC(=O)NCCC/C=C/CCc1ccon1. The number of carbonyl (C=O) groups is 1. The minimum Gasteiger partial charge on any atom is -0.444 e. The highest BCUT2D eigenvalue weighted by molar-refractivity contribution is 5.67. The average Bonchev–Trinajstić information content (AvgIpc) is 2.83. The van der Waals surface area contributed by atoms with Crippen molar-refractivity contribution in [1.29, 1.82) is 0 Å². The summed E-state index contributed by atoms with van der Waals surface area (Å²) in [6.45, 7) is 6.18. The van der Waals surface area contributed by atoms with E-state index >= 15 is 0 Å². The zero-order valence-corrected chi connectivity index (χ0v) is 12.5. The standard InChI is InChI=1S/C15H24N2O3/c1-15(2,3)20-14(18)16-11-8-6-4-5-7-9-13-10-12-19-17-13/h4-5,10,12H,6-9,11H2,1-3H3,(H,16,18)/b5-4+. The number of carbonyl (C=O) groups excluding carboxylic acids is 1. The highest BCUT2D eigenvalue weighted by atomic mass is 16.6. The molecule has 0 aromatic carbocycles. The number of ether oxygens (including phenoxy) is 1. The van der Waals surface area contributed by atoms with E-state index in [0.29, 0.717) is 6.54 Å². The molecule has 0 fully saturated rings. The van der Waals surface area contributed by atoms with Crippen LogP contribution in [0.4, 0.5) is 4.79 Å². The highest BCUT2D eigenvalue weighted by Crippen LogP contribution is 2.06. The predicted molar refractivity (Wildman–Crippen MR) is 77.4 cm³/mol. The molecule has 5 heteroatoms. The summed E-state index contributed by atoms with van der Waals surface area (Å²) in [4.78, 5) is 11.4. The van der Waals surface area contributed by atoms with Crippen LogP contribution >= 0.6 is 0 Å². The Kier molecular flexibility index (Phi) is 6.84. The quantitative estimate of drug-likeness (QED) is 0.613. The Labute approximate surface area is 120 Å². The second kappa shape index (κ2) is 8.40. The van der Waals surface area contributed by atoms with Gasteiger partial charge in [-0.2, -0.15) is 0 Å². The molecule has 1 aromatic heterocycles. The molecule has 1 aromatic rings. The van der Waals surface area contributed by atoms with E-state index in [2.05, 4.69) is 22.6 Å². The monoisotopic (exact) mass is 280 g/mol. The summed E-state index contributed by atoms with van der Waals surface area (Å²) in [5.41, 5.74) is 0.534. The van der Waals surface area contributed by atoms with Crippen LogP contribution < -0.4 is 5.32 Å². The largest absolute Gasteiger partial charge is 0.444 e. The van der Waals surface area contributed by atoms with E-state index in [-0.39, 0.29) is 6.09 Å². The van der Waals surface area contributed by atoms with Crippen molar-refractivity contribution < 1.29 is 14.1 Å². The number of hydrogen-bond acceptors (Lipinski definition) is 4. The van der Waals surface area contributed by atoms with Crippen LogP contribution in [0, 0.1) is 0 Å². The van der Waals surface area contributed by atoms with Crippen LogP contribution in [0.5, 0.6) is 0 Å². The number of nitrogens with one attached hydrogen (secondary N) is 1.